The van der Waals surface area contributed by atoms with Crippen LogP contribution in [0.1, 0.15) is 11.1 Å². The van der Waals surface area contributed by atoms with Crippen LogP contribution in [0.15, 0.2) is 12.1 Å². The topological polar surface area (TPSA) is 47.6 Å². The van der Waals surface area contributed by atoms with Gasteiger partial charge in [0, 0.05) is 16.5 Å². The second kappa shape index (κ2) is 5.03. The Balaban J connectivity index is 3.07. The largest absolute Gasteiger partial charge is 0.197 e. The fraction of sp³-hybridized carbons (Fsp3) is 0.273. The van der Waals surface area contributed by atoms with Crippen molar-refractivity contribution >= 4 is 23.2 Å². The lowest BCUT2D eigenvalue weighted by Gasteiger charge is -2.08. The maximum Gasteiger partial charge on any atom is 0.137 e. The first-order valence-electron chi connectivity index (χ1n) is 4.32. The summed E-state index contributed by atoms with van der Waals surface area (Å²) in [6.45, 7) is 1.88. The van der Waals surface area contributed by atoms with Crippen LogP contribution in [0.5, 0.6) is 0 Å². The molecule has 0 radical (unpaired) electrons. The second-order valence-electron chi connectivity index (χ2n) is 3.22. The van der Waals surface area contributed by atoms with Gasteiger partial charge in [0.2, 0.25) is 0 Å². The highest BCUT2D eigenvalue weighted by Gasteiger charge is 2.13. The van der Waals surface area contributed by atoms with Crippen molar-refractivity contribution in [2.45, 2.75) is 13.3 Å². The molecule has 1 rings (SSSR count). The van der Waals surface area contributed by atoms with Crippen LogP contribution in [0.4, 0.5) is 0 Å². The molecule has 0 aliphatic rings. The third-order valence-electron chi connectivity index (χ3n) is 2.01. The summed E-state index contributed by atoms with van der Waals surface area (Å²) >= 11 is 12.0. The zero-order chi connectivity index (χ0) is 11.4. The molecule has 4 heteroatoms. The summed E-state index contributed by atoms with van der Waals surface area (Å²) in [6, 6.07) is 7.33. The van der Waals surface area contributed by atoms with E-state index < -0.39 is 5.92 Å². The van der Waals surface area contributed by atoms with E-state index in [0.717, 1.165) is 5.56 Å². The fourth-order valence-corrected chi connectivity index (χ4v) is 2.00. The lowest BCUT2D eigenvalue weighted by Crippen LogP contribution is -2.00. The molecule has 0 aromatic heterocycles. The minimum Gasteiger partial charge on any atom is -0.197 e. The van der Waals surface area contributed by atoms with Gasteiger partial charge in [-0.05, 0) is 30.2 Å². The first-order valence-corrected chi connectivity index (χ1v) is 5.07. The Bertz CT molecular complexity index is 418. The van der Waals surface area contributed by atoms with Crippen molar-refractivity contribution in [3.63, 3.8) is 0 Å². The summed E-state index contributed by atoms with van der Waals surface area (Å²) in [4.78, 5) is 0. The zero-order valence-electron chi connectivity index (χ0n) is 8.09. The summed E-state index contributed by atoms with van der Waals surface area (Å²) in [5.74, 6) is -0.706. The van der Waals surface area contributed by atoms with Crippen LogP contribution in [-0.4, -0.2) is 0 Å². The van der Waals surface area contributed by atoms with Gasteiger partial charge in [-0.3, -0.25) is 0 Å². The monoisotopic (exact) mass is 238 g/mol. The van der Waals surface area contributed by atoms with E-state index in [1.54, 1.807) is 12.1 Å². The van der Waals surface area contributed by atoms with Gasteiger partial charge in [-0.1, -0.05) is 23.2 Å². The summed E-state index contributed by atoms with van der Waals surface area (Å²) in [5, 5.41) is 18.3. The Kier molecular flexibility index (Phi) is 3.97. The molecule has 0 saturated heterocycles. The number of nitrogens with zero attached hydrogens (tertiary/aromatic N) is 2. The molecule has 0 fully saturated rings. The summed E-state index contributed by atoms with van der Waals surface area (Å²) in [5.41, 5.74) is 1.62. The molecule has 0 heterocycles. The number of benzene rings is 1. The number of hydrogen-bond acceptors (Lipinski definition) is 2. The molecule has 0 spiro atoms. The molecule has 15 heavy (non-hydrogen) atoms. The molecular formula is C11H8Cl2N2. The van der Waals surface area contributed by atoms with E-state index in [1.807, 2.05) is 19.1 Å². The SMILES string of the molecule is Cc1cc(Cl)c(CC(C#N)C#N)c(Cl)c1. The molecule has 2 nitrogen and oxygen atoms in total. The quantitative estimate of drug-likeness (QED) is 0.792. The molecule has 0 aliphatic heterocycles. The van der Waals surface area contributed by atoms with Gasteiger partial charge < -0.3 is 0 Å². The highest BCUT2D eigenvalue weighted by Crippen LogP contribution is 2.28. The van der Waals surface area contributed by atoms with Gasteiger partial charge in [0.25, 0.3) is 0 Å². The number of nitriles is 2. The van der Waals surface area contributed by atoms with E-state index in [9.17, 15) is 0 Å². The fourth-order valence-electron chi connectivity index (χ4n) is 1.25. The Morgan fingerprint density at radius 3 is 2.07 bits per heavy atom. The third kappa shape index (κ3) is 2.86. The average molecular weight is 239 g/mol. The third-order valence-corrected chi connectivity index (χ3v) is 2.68. The maximum atomic E-state index is 8.67. The van der Waals surface area contributed by atoms with Crippen molar-refractivity contribution in [2.24, 2.45) is 5.92 Å². The van der Waals surface area contributed by atoms with Crippen molar-refractivity contribution in [1.29, 1.82) is 10.5 Å². The molecule has 0 atom stereocenters. The van der Waals surface area contributed by atoms with Crippen LogP contribution in [0.3, 0.4) is 0 Å². The van der Waals surface area contributed by atoms with E-state index in [0.29, 0.717) is 15.6 Å². The van der Waals surface area contributed by atoms with E-state index in [1.165, 1.54) is 0 Å². The number of halogens is 2. The van der Waals surface area contributed by atoms with Crippen LogP contribution in [-0.2, 0) is 6.42 Å². The van der Waals surface area contributed by atoms with Crippen molar-refractivity contribution in [3.05, 3.63) is 33.3 Å². The number of rotatable bonds is 2. The summed E-state index contributed by atoms with van der Waals surface area (Å²) < 4.78 is 0. The zero-order valence-corrected chi connectivity index (χ0v) is 9.60. The molecule has 0 saturated carbocycles. The smallest absolute Gasteiger partial charge is 0.137 e. The second-order valence-corrected chi connectivity index (χ2v) is 4.04. The van der Waals surface area contributed by atoms with E-state index in [-0.39, 0.29) is 6.42 Å². The first kappa shape index (κ1) is 11.9. The minimum atomic E-state index is -0.706. The Morgan fingerprint density at radius 2 is 1.67 bits per heavy atom. The minimum absolute atomic E-state index is 0.269. The van der Waals surface area contributed by atoms with Gasteiger partial charge in [-0.2, -0.15) is 10.5 Å². The Morgan fingerprint density at radius 1 is 1.20 bits per heavy atom. The average Bonchev–Trinajstić information content (AvgIpc) is 2.17. The molecule has 0 bridgehead atoms. The highest BCUT2D eigenvalue weighted by molar-refractivity contribution is 6.36. The maximum absolute atomic E-state index is 8.67. The van der Waals surface area contributed by atoms with Gasteiger partial charge >= 0.3 is 0 Å². The molecule has 1 aromatic rings. The molecule has 0 aliphatic carbocycles. The van der Waals surface area contributed by atoms with Gasteiger partial charge in [0.1, 0.15) is 5.92 Å². The molecule has 0 N–H and O–H groups in total. The van der Waals surface area contributed by atoms with Gasteiger partial charge in [-0.15, -0.1) is 0 Å². The van der Waals surface area contributed by atoms with Gasteiger partial charge in [0.15, 0.2) is 0 Å². The summed E-state index contributed by atoms with van der Waals surface area (Å²) in [7, 11) is 0. The first-order chi connectivity index (χ1) is 7.08. The van der Waals surface area contributed by atoms with E-state index in [4.69, 9.17) is 33.7 Å². The predicted octanol–water partition coefficient (Wildman–Crippen LogP) is 3.51. The van der Waals surface area contributed by atoms with Crippen molar-refractivity contribution in [1.82, 2.24) is 0 Å². The van der Waals surface area contributed by atoms with Crippen LogP contribution in [0.25, 0.3) is 0 Å². The van der Waals surface area contributed by atoms with Crippen molar-refractivity contribution < 1.29 is 0 Å². The molecular weight excluding hydrogens is 231 g/mol. The molecule has 1 aromatic carbocycles. The Hall–Kier alpha value is -1.22. The Labute approximate surface area is 98.6 Å². The van der Waals surface area contributed by atoms with E-state index >= 15 is 0 Å². The lowest BCUT2D eigenvalue weighted by molar-refractivity contribution is 0.834. The summed E-state index contributed by atoms with van der Waals surface area (Å²) in [6.07, 6.45) is 0.269. The molecule has 76 valence electrons. The predicted molar refractivity (Wildman–Crippen MR) is 59.6 cm³/mol. The van der Waals surface area contributed by atoms with Crippen LogP contribution >= 0.6 is 23.2 Å². The normalized spacial score (nSPS) is 9.73. The number of aryl methyl sites for hydroxylation is 1. The number of hydrogen-bond donors (Lipinski definition) is 0. The highest BCUT2D eigenvalue weighted by atomic mass is 35.5. The lowest BCUT2D eigenvalue weighted by atomic mass is 10.0. The standard InChI is InChI=1S/C11H8Cl2N2/c1-7-2-10(12)9(11(13)3-7)4-8(5-14)6-15/h2-3,8H,4H2,1H3. The van der Waals surface area contributed by atoms with Crippen LogP contribution < -0.4 is 0 Å². The van der Waals surface area contributed by atoms with Crippen LogP contribution in [0.2, 0.25) is 10.0 Å². The van der Waals surface area contributed by atoms with Gasteiger partial charge in [-0.25, -0.2) is 0 Å². The molecule has 0 amide bonds. The molecule has 0 unspecified atom stereocenters. The van der Waals surface area contributed by atoms with Gasteiger partial charge in [0.05, 0.1) is 12.1 Å². The van der Waals surface area contributed by atoms with Crippen LogP contribution in [0, 0.1) is 35.5 Å². The van der Waals surface area contributed by atoms with Crippen molar-refractivity contribution in [2.75, 3.05) is 0 Å². The van der Waals surface area contributed by atoms with Crippen molar-refractivity contribution in [3.8, 4) is 12.1 Å². The van der Waals surface area contributed by atoms with E-state index in [2.05, 4.69) is 0 Å².